The van der Waals surface area contributed by atoms with Crippen LogP contribution in [0, 0.1) is 11.8 Å². The van der Waals surface area contributed by atoms with Gasteiger partial charge < -0.3 is 5.32 Å². The highest BCUT2D eigenvalue weighted by molar-refractivity contribution is 5.85. The molecule has 2 heteroatoms. The molecule has 0 radical (unpaired) electrons. The largest absolute Gasteiger partial charge is 0.316 e. The van der Waals surface area contributed by atoms with Crippen LogP contribution < -0.4 is 5.32 Å². The predicted octanol–water partition coefficient (Wildman–Crippen LogP) is 1.32. The number of hydrogen-bond acceptors (Lipinski definition) is 2. The molecule has 0 aromatic heterocycles. The Hall–Kier alpha value is -0.370. The van der Waals surface area contributed by atoms with Crippen LogP contribution >= 0.6 is 0 Å². The van der Waals surface area contributed by atoms with E-state index < -0.39 is 0 Å². The standard InChI is InChI=1S/C9H18N2/c1-4-11-8(3)9-6-10-5-7(9)2/h7,9-10H,4-6H2,1-3H3. The van der Waals surface area contributed by atoms with Gasteiger partial charge in [-0.3, -0.25) is 4.99 Å². The summed E-state index contributed by atoms with van der Waals surface area (Å²) in [7, 11) is 0. The lowest BCUT2D eigenvalue weighted by molar-refractivity contribution is 0.567. The van der Waals surface area contributed by atoms with Gasteiger partial charge in [0.2, 0.25) is 0 Å². The molecule has 1 rings (SSSR count). The van der Waals surface area contributed by atoms with Crippen LogP contribution in [-0.2, 0) is 0 Å². The first-order valence-corrected chi connectivity index (χ1v) is 4.47. The van der Waals surface area contributed by atoms with Gasteiger partial charge in [0, 0.05) is 24.7 Å². The number of nitrogens with zero attached hydrogens (tertiary/aromatic N) is 1. The summed E-state index contributed by atoms with van der Waals surface area (Å²) in [5.74, 6) is 1.46. The molecule has 1 aliphatic rings. The molecule has 2 nitrogen and oxygen atoms in total. The highest BCUT2D eigenvalue weighted by Gasteiger charge is 2.24. The molecule has 0 aromatic carbocycles. The lowest BCUT2D eigenvalue weighted by Crippen LogP contribution is -2.18. The summed E-state index contributed by atoms with van der Waals surface area (Å²) in [5, 5.41) is 3.38. The molecule has 0 aromatic rings. The van der Waals surface area contributed by atoms with Crippen LogP contribution in [-0.4, -0.2) is 25.3 Å². The SMILES string of the molecule is CCN=C(C)C1CNCC1C. The van der Waals surface area contributed by atoms with Gasteiger partial charge in [0.25, 0.3) is 0 Å². The maximum absolute atomic E-state index is 4.43. The molecular formula is C9H18N2. The maximum atomic E-state index is 4.43. The first-order valence-electron chi connectivity index (χ1n) is 4.47. The molecule has 0 aliphatic carbocycles. The van der Waals surface area contributed by atoms with E-state index in [-0.39, 0.29) is 0 Å². The van der Waals surface area contributed by atoms with Crippen LogP contribution in [0.25, 0.3) is 0 Å². The van der Waals surface area contributed by atoms with Gasteiger partial charge in [-0.2, -0.15) is 0 Å². The van der Waals surface area contributed by atoms with E-state index in [1.54, 1.807) is 0 Å². The number of hydrogen-bond donors (Lipinski definition) is 1. The van der Waals surface area contributed by atoms with Gasteiger partial charge in [0.15, 0.2) is 0 Å². The Kier molecular flexibility index (Phi) is 3.06. The summed E-state index contributed by atoms with van der Waals surface area (Å²) in [6, 6.07) is 0. The minimum Gasteiger partial charge on any atom is -0.316 e. The summed E-state index contributed by atoms with van der Waals surface area (Å²) < 4.78 is 0. The van der Waals surface area contributed by atoms with E-state index >= 15 is 0 Å². The third kappa shape index (κ3) is 2.03. The first-order chi connectivity index (χ1) is 5.25. The Morgan fingerprint density at radius 1 is 1.55 bits per heavy atom. The zero-order valence-corrected chi connectivity index (χ0v) is 7.72. The van der Waals surface area contributed by atoms with Gasteiger partial charge in [-0.1, -0.05) is 6.92 Å². The lowest BCUT2D eigenvalue weighted by atomic mass is 9.94. The second-order valence-corrected chi connectivity index (χ2v) is 3.36. The highest BCUT2D eigenvalue weighted by Crippen LogP contribution is 2.17. The average Bonchev–Trinajstić information content (AvgIpc) is 2.36. The molecule has 2 atom stereocenters. The zero-order chi connectivity index (χ0) is 8.27. The molecule has 1 fully saturated rings. The van der Waals surface area contributed by atoms with Crippen molar-refractivity contribution in [1.29, 1.82) is 0 Å². The summed E-state index contributed by atoms with van der Waals surface area (Å²) in [6.07, 6.45) is 0. The molecule has 1 aliphatic heterocycles. The Labute approximate surface area is 69.1 Å². The van der Waals surface area contributed by atoms with E-state index in [1.807, 2.05) is 0 Å². The van der Waals surface area contributed by atoms with Crippen molar-refractivity contribution < 1.29 is 0 Å². The Morgan fingerprint density at radius 2 is 2.27 bits per heavy atom. The fourth-order valence-corrected chi connectivity index (χ4v) is 1.74. The normalized spacial score (nSPS) is 32.8. The molecule has 0 spiro atoms. The molecule has 2 unspecified atom stereocenters. The van der Waals surface area contributed by atoms with Gasteiger partial charge in [0.05, 0.1) is 0 Å². The van der Waals surface area contributed by atoms with Crippen molar-refractivity contribution in [1.82, 2.24) is 5.32 Å². The fraction of sp³-hybridized carbons (Fsp3) is 0.889. The minimum absolute atomic E-state index is 0.690. The van der Waals surface area contributed by atoms with Crippen molar-refractivity contribution in [2.45, 2.75) is 20.8 Å². The van der Waals surface area contributed by atoms with Gasteiger partial charge in [-0.05, 0) is 26.3 Å². The van der Waals surface area contributed by atoms with Crippen molar-refractivity contribution in [2.24, 2.45) is 16.8 Å². The van der Waals surface area contributed by atoms with Crippen LogP contribution in [0.3, 0.4) is 0 Å². The maximum Gasteiger partial charge on any atom is 0.0360 e. The highest BCUT2D eigenvalue weighted by atomic mass is 14.9. The van der Waals surface area contributed by atoms with Crippen molar-refractivity contribution in [3.05, 3.63) is 0 Å². The first kappa shape index (κ1) is 8.72. The Balaban J connectivity index is 2.52. The summed E-state index contributed by atoms with van der Waals surface area (Å²) in [4.78, 5) is 4.43. The van der Waals surface area contributed by atoms with Crippen LogP contribution in [0.5, 0.6) is 0 Å². The third-order valence-electron chi connectivity index (χ3n) is 2.46. The summed E-state index contributed by atoms with van der Waals surface area (Å²) in [6.45, 7) is 9.74. The van der Waals surface area contributed by atoms with Crippen molar-refractivity contribution in [3.8, 4) is 0 Å². The van der Waals surface area contributed by atoms with Gasteiger partial charge >= 0.3 is 0 Å². The van der Waals surface area contributed by atoms with E-state index in [0.29, 0.717) is 5.92 Å². The van der Waals surface area contributed by atoms with E-state index in [1.165, 1.54) is 5.71 Å². The summed E-state index contributed by atoms with van der Waals surface area (Å²) in [5.41, 5.74) is 1.32. The Bertz CT molecular complexity index is 152. The van der Waals surface area contributed by atoms with E-state index in [2.05, 4.69) is 31.1 Å². The molecule has 0 bridgehead atoms. The van der Waals surface area contributed by atoms with E-state index in [0.717, 1.165) is 25.6 Å². The second kappa shape index (κ2) is 3.86. The van der Waals surface area contributed by atoms with Crippen LogP contribution in [0.4, 0.5) is 0 Å². The van der Waals surface area contributed by atoms with Crippen LogP contribution in [0.15, 0.2) is 4.99 Å². The fourth-order valence-electron chi connectivity index (χ4n) is 1.74. The quantitative estimate of drug-likeness (QED) is 0.596. The summed E-state index contributed by atoms with van der Waals surface area (Å²) >= 11 is 0. The molecule has 11 heavy (non-hydrogen) atoms. The van der Waals surface area contributed by atoms with Crippen molar-refractivity contribution >= 4 is 5.71 Å². The topological polar surface area (TPSA) is 24.4 Å². The predicted molar refractivity (Wildman–Crippen MR) is 49.2 cm³/mol. The van der Waals surface area contributed by atoms with Gasteiger partial charge in [-0.15, -0.1) is 0 Å². The number of aliphatic imine (C=N–C) groups is 1. The van der Waals surface area contributed by atoms with Crippen molar-refractivity contribution in [2.75, 3.05) is 19.6 Å². The molecule has 1 heterocycles. The molecule has 1 N–H and O–H groups in total. The van der Waals surface area contributed by atoms with Gasteiger partial charge in [-0.25, -0.2) is 0 Å². The van der Waals surface area contributed by atoms with Crippen molar-refractivity contribution in [3.63, 3.8) is 0 Å². The number of rotatable bonds is 2. The van der Waals surface area contributed by atoms with Crippen LogP contribution in [0.2, 0.25) is 0 Å². The molecule has 64 valence electrons. The molecule has 1 saturated heterocycles. The van der Waals surface area contributed by atoms with Crippen LogP contribution in [0.1, 0.15) is 20.8 Å². The lowest BCUT2D eigenvalue weighted by Gasteiger charge is -2.12. The average molecular weight is 154 g/mol. The zero-order valence-electron chi connectivity index (χ0n) is 7.72. The smallest absolute Gasteiger partial charge is 0.0360 e. The Morgan fingerprint density at radius 3 is 2.73 bits per heavy atom. The van der Waals surface area contributed by atoms with E-state index in [9.17, 15) is 0 Å². The second-order valence-electron chi connectivity index (χ2n) is 3.36. The molecule has 0 amide bonds. The third-order valence-corrected chi connectivity index (χ3v) is 2.46. The number of nitrogens with one attached hydrogen (secondary N) is 1. The van der Waals surface area contributed by atoms with Gasteiger partial charge in [0.1, 0.15) is 0 Å². The minimum atomic E-state index is 0.690. The van der Waals surface area contributed by atoms with E-state index in [4.69, 9.17) is 0 Å². The molecule has 0 saturated carbocycles. The monoisotopic (exact) mass is 154 g/mol. The molecular weight excluding hydrogens is 136 g/mol.